The van der Waals surface area contributed by atoms with Gasteiger partial charge < -0.3 is 15.8 Å². The molecule has 1 amide bonds. The van der Waals surface area contributed by atoms with Crippen LogP contribution in [0.4, 0.5) is 5.69 Å². The zero-order chi connectivity index (χ0) is 13.1. The smallest absolute Gasteiger partial charge is 0.227 e. The van der Waals surface area contributed by atoms with Crippen LogP contribution in [0.1, 0.15) is 18.9 Å². The summed E-state index contributed by atoms with van der Waals surface area (Å²) in [6.45, 7) is 2.56. The number of aryl methyl sites for hydroxylation is 1. The van der Waals surface area contributed by atoms with Gasteiger partial charge in [0, 0.05) is 24.6 Å². The number of hydrogen-bond donors (Lipinski definition) is 2. The number of hydrogen-bond acceptors (Lipinski definition) is 3. The number of nitrogens with two attached hydrogens (primary N) is 1. The Labute approximate surface area is 106 Å². The zero-order valence-electron chi connectivity index (χ0n) is 10.3. The van der Waals surface area contributed by atoms with Crippen LogP contribution in [-0.2, 0) is 11.2 Å². The summed E-state index contributed by atoms with van der Waals surface area (Å²) in [5.41, 5.74) is 7.65. The van der Waals surface area contributed by atoms with Gasteiger partial charge in [0.25, 0.3) is 0 Å². The molecule has 5 heteroatoms. The van der Waals surface area contributed by atoms with E-state index >= 15 is 0 Å². The number of oxime groups is 1. The molecule has 1 atom stereocenters. The van der Waals surface area contributed by atoms with Crippen molar-refractivity contribution in [2.45, 2.75) is 19.8 Å². The number of rotatable bonds is 3. The van der Waals surface area contributed by atoms with Gasteiger partial charge in [-0.15, -0.1) is 0 Å². The standard InChI is InChI=1S/C13H17N3O2/c1-2-9-3-5-11(6-4-9)16-8-10(7-12(16)17)13(14)15-18/h3-6,10,18H,2,7-8H2,1H3,(H2,14,15)/t10-/m1/s1. The first kappa shape index (κ1) is 12.4. The van der Waals surface area contributed by atoms with E-state index in [2.05, 4.69) is 12.1 Å². The van der Waals surface area contributed by atoms with Crippen LogP contribution in [0.5, 0.6) is 0 Å². The lowest BCUT2D eigenvalue weighted by Crippen LogP contribution is -2.28. The van der Waals surface area contributed by atoms with Gasteiger partial charge >= 0.3 is 0 Å². The van der Waals surface area contributed by atoms with E-state index in [4.69, 9.17) is 10.9 Å². The summed E-state index contributed by atoms with van der Waals surface area (Å²) in [5.74, 6) is -0.0692. The Balaban J connectivity index is 2.16. The lowest BCUT2D eigenvalue weighted by atomic mass is 10.1. The van der Waals surface area contributed by atoms with Gasteiger partial charge in [-0.3, -0.25) is 4.79 Å². The highest BCUT2D eigenvalue weighted by Crippen LogP contribution is 2.25. The Kier molecular flexibility index (Phi) is 3.50. The molecule has 0 aromatic heterocycles. The van der Waals surface area contributed by atoms with Crippen molar-refractivity contribution in [3.63, 3.8) is 0 Å². The first-order valence-electron chi connectivity index (χ1n) is 6.02. The molecule has 3 N–H and O–H groups in total. The summed E-state index contributed by atoms with van der Waals surface area (Å²) in [6.07, 6.45) is 1.27. The summed E-state index contributed by atoms with van der Waals surface area (Å²) < 4.78 is 0. The molecule has 1 aromatic carbocycles. The first-order chi connectivity index (χ1) is 8.65. The van der Waals surface area contributed by atoms with E-state index < -0.39 is 0 Å². The minimum Gasteiger partial charge on any atom is -0.409 e. The molecule has 1 fully saturated rings. The third kappa shape index (κ3) is 2.30. The Hall–Kier alpha value is -2.04. The third-order valence-corrected chi connectivity index (χ3v) is 3.32. The highest BCUT2D eigenvalue weighted by Gasteiger charge is 2.33. The predicted octanol–water partition coefficient (Wildman–Crippen LogP) is 1.35. The molecular formula is C13H17N3O2. The molecule has 0 spiro atoms. The summed E-state index contributed by atoms with van der Waals surface area (Å²) in [7, 11) is 0. The average molecular weight is 247 g/mol. The molecule has 0 aliphatic carbocycles. The minimum absolute atomic E-state index is 0.0100. The number of carbonyl (C=O) groups is 1. The molecule has 0 saturated carbocycles. The van der Waals surface area contributed by atoms with Gasteiger partial charge in [0.2, 0.25) is 5.91 Å². The van der Waals surface area contributed by atoms with Gasteiger partial charge in [-0.25, -0.2) is 0 Å². The fourth-order valence-corrected chi connectivity index (χ4v) is 2.15. The van der Waals surface area contributed by atoms with Gasteiger partial charge in [0.15, 0.2) is 0 Å². The van der Waals surface area contributed by atoms with Crippen molar-refractivity contribution >= 4 is 17.4 Å². The summed E-state index contributed by atoms with van der Waals surface area (Å²) in [5, 5.41) is 11.6. The molecule has 1 aliphatic heterocycles. The number of amidine groups is 1. The van der Waals surface area contributed by atoms with Crippen LogP contribution in [0.3, 0.4) is 0 Å². The highest BCUT2D eigenvalue weighted by molar-refractivity contribution is 6.01. The van der Waals surface area contributed by atoms with Crippen molar-refractivity contribution in [1.29, 1.82) is 0 Å². The second-order valence-electron chi connectivity index (χ2n) is 4.45. The fourth-order valence-electron chi connectivity index (χ4n) is 2.15. The van der Waals surface area contributed by atoms with E-state index in [1.807, 2.05) is 24.3 Å². The molecule has 1 heterocycles. The molecule has 0 unspecified atom stereocenters. The van der Waals surface area contributed by atoms with E-state index in [0.29, 0.717) is 13.0 Å². The number of carbonyl (C=O) groups excluding carboxylic acids is 1. The van der Waals surface area contributed by atoms with Crippen LogP contribution in [0.2, 0.25) is 0 Å². The van der Waals surface area contributed by atoms with Crippen molar-refractivity contribution in [2.24, 2.45) is 16.8 Å². The van der Waals surface area contributed by atoms with Crippen LogP contribution in [0, 0.1) is 5.92 Å². The maximum absolute atomic E-state index is 11.9. The van der Waals surface area contributed by atoms with Gasteiger partial charge in [-0.1, -0.05) is 24.2 Å². The van der Waals surface area contributed by atoms with E-state index in [1.54, 1.807) is 4.90 Å². The van der Waals surface area contributed by atoms with Crippen LogP contribution < -0.4 is 10.6 Å². The Bertz CT molecular complexity index is 468. The van der Waals surface area contributed by atoms with Gasteiger partial charge in [-0.2, -0.15) is 0 Å². The second kappa shape index (κ2) is 5.08. The maximum atomic E-state index is 11.9. The quantitative estimate of drug-likeness (QED) is 0.366. The van der Waals surface area contributed by atoms with E-state index in [9.17, 15) is 4.79 Å². The molecule has 0 radical (unpaired) electrons. The highest BCUT2D eigenvalue weighted by atomic mass is 16.4. The molecule has 1 aliphatic rings. The molecule has 1 aromatic rings. The number of anilines is 1. The summed E-state index contributed by atoms with van der Waals surface area (Å²) >= 11 is 0. The predicted molar refractivity (Wildman–Crippen MR) is 69.7 cm³/mol. The van der Waals surface area contributed by atoms with Crippen LogP contribution in [0.15, 0.2) is 29.4 Å². The number of amides is 1. The number of benzene rings is 1. The molecular weight excluding hydrogens is 230 g/mol. The average Bonchev–Trinajstić information content (AvgIpc) is 2.80. The third-order valence-electron chi connectivity index (χ3n) is 3.32. The molecule has 2 rings (SSSR count). The summed E-state index contributed by atoms with van der Waals surface area (Å²) in [6, 6.07) is 7.90. The normalized spacial score (nSPS) is 20.5. The zero-order valence-corrected chi connectivity index (χ0v) is 10.3. The van der Waals surface area contributed by atoms with Crippen LogP contribution >= 0.6 is 0 Å². The van der Waals surface area contributed by atoms with Gasteiger partial charge in [-0.05, 0) is 24.1 Å². The van der Waals surface area contributed by atoms with E-state index in [-0.39, 0.29) is 17.7 Å². The van der Waals surface area contributed by atoms with Gasteiger partial charge in [0.05, 0.1) is 0 Å². The minimum atomic E-state index is -0.201. The lowest BCUT2D eigenvalue weighted by molar-refractivity contribution is -0.117. The van der Waals surface area contributed by atoms with Gasteiger partial charge in [0.1, 0.15) is 5.84 Å². The Morgan fingerprint density at radius 3 is 2.72 bits per heavy atom. The number of nitrogens with zero attached hydrogens (tertiary/aromatic N) is 2. The first-order valence-corrected chi connectivity index (χ1v) is 6.02. The van der Waals surface area contributed by atoms with Crippen LogP contribution in [-0.4, -0.2) is 23.5 Å². The van der Waals surface area contributed by atoms with Crippen molar-refractivity contribution in [1.82, 2.24) is 0 Å². The Morgan fingerprint density at radius 2 is 2.17 bits per heavy atom. The maximum Gasteiger partial charge on any atom is 0.227 e. The van der Waals surface area contributed by atoms with Crippen molar-refractivity contribution in [3.05, 3.63) is 29.8 Å². The molecule has 1 saturated heterocycles. The topological polar surface area (TPSA) is 78.9 Å². The summed E-state index contributed by atoms with van der Waals surface area (Å²) in [4.78, 5) is 13.6. The van der Waals surface area contributed by atoms with Crippen LogP contribution in [0.25, 0.3) is 0 Å². The Morgan fingerprint density at radius 1 is 1.50 bits per heavy atom. The van der Waals surface area contributed by atoms with E-state index in [1.165, 1.54) is 5.56 Å². The van der Waals surface area contributed by atoms with Crippen molar-refractivity contribution < 1.29 is 10.0 Å². The molecule has 0 bridgehead atoms. The second-order valence-corrected chi connectivity index (χ2v) is 4.45. The molecule has 5 nitrogen and oxygen atoms in total. The monoisotopic (exact) mass is 247 g/mol. The lowest BCUT2D eigenvalue weighted by Gasteiger charge is -2.16. The largest absolute Gasteiger partial charge is 0.409 e. The fraction of sp³-hybridized carbons (Fsp3) is 0.385. The van der Waals surface area contributed by atoms with Crippen molar-refractivity contribution in [3.8, 4) is 0 Å². The molecule has 96 valence electrons. The van der Waals surface area contributed by atoms with E-state index in [0.717, 1.165) is 12.1 Å². The molecule has 18 heavy (non-hydrogen) atoms. The SMILES string of the molecule is CCc1ccc(N2C[C@H](/C(N)=N\O)CC2=O)cc1. The van der Waals surface area contributed by atoms with Crippen molar-refractivity contribution in [2.75, 3.05) is 11.4 Å².